The molecule has 0 bridgehead atoms. The lowest BCUT2D eigenvalue weighted by molar-refractivity contribution is -0.123. The van der Waals surface area contributed by atoms with Crippen LogP contribution in [0.5, 0.6) is 0 Å². The monoisotopic (exact) mass is 319 g/mol. The molecule has 0 saturated heterocycles. The zero-order valence-corrected chi connectivity index (χ0v) is 13.4. The number of hydrogen-bond acceptors (Lipinski definition) is 3. The summed E-state index contributed by atoms with van der Waals surface area (Å²) in [5, 5.41) is 0. The van der Waals surface area contributed by atoms with E-state index in [0.29, 0.717) is 12.8 Å². The first-order valence-corrected chi connectivity index (χ1v) is 8.86. The number of allylic oxidation sites excluding steroid dienone is 2. The van der Waals surface area contributed by atoms with E-state index in [1.165, 1.54) is 5.56 Å². The van der Waals surface area contributed by atoms with Gasteiger partial charge in [-0.25, -0.2) is 13.1 Å². The molecule has 4 nitrogen and oxygen atoms in total. The van der Waals surface area contributed by atoms with Crippen LogP contribution in [0.4, 0.5) is 0 Å². The number of rotatable bonds is 7. The van der Waals surface area contributed by atoms with Crippen LogP contribution >= 0.6 is 0 Å². The zero-order valence-electron chi connectivity index (χ0n) is 12.5. The number of benzene rings is 1. The Balaban J connectivity index is 2.18. The maximum Gasteiger partial charge on any atom is 0.264 e. The summed E-state index contributed by atoms with van der Waals surface area (Å²) in [5.74, 6) is -0.973. The van der Waals surface area contributed by atoms with Gasteiger partial charge >= 0.3 is 0 Å². The topological polar surface area (TPSA) is 63.2 Å². The van der Waals surface area contributed by atoms with Crippen molar-refractivity contribution in [1.82, 2.24) is 4.72 Å². The fourth-order valence-corrected chi connectivity index (χ4v) is 3.80. The number of fused-ring (bicyclic) bond motifs is 1. The van der Waals surface area contributed by atoms with Crippen LogP contribution in [0.15, 0.2) is 48.4 Å². The van der Waals surface area contributed by atoms with E-state index < -0.39 is 21.8 Å². The molecule has 1 aromatic carbocycles. The molecule has 5 heteroatoms. The fourth-order valence-electron chi connectivity index (χ4n) is 2.70. The lowest BCUT2D eigenvalue weighted by Gasteiger charge is -2.14. The molecule has 0 unspecified atom stereocenters. The predicted octanol–water partition coefficient (Wildman–Crippen LogP) is 2.75. The van der Waals surface area contributed by atoms with E-state index in [-0.39, 0.29) is 4.90 Å². The van der Waals surface area contributed by atoms with E-state index >= 15 is 0 Å². The molecule has 0 heterocycles. The summed E-state index contributed by atoms with van der Waals surface area (Å²) < 4.78 is 26.9. The molecule has 0 spiro atoms. The predicted molar refractivity (Wildman–Crippen MR) is 86.9 cm³/mol. The van der Waals surface area contributed by atoms with Crippen molar-refractivity contribution in [1.29, 1.82) is 0 Å². The van der Waals surface area contributed by atoms with Gasteiger partial charge in [0.05, 0.1) is 4.90 Å². The highest BCUT2D eigenvalue weighted by molar-refractivity contribution is 7.90. The van der Waals surface area contributed by atoms with E-state index in [2.05, 4.69) is 17.9 Å². The van der Waals surface area contributed by atoms with Gasteiger partial charge in [-0.2, -0.15) is 0 Å². The molecule has 0 aromatic heterocycles. The molecular formula is C17H21NO3S. The van der Waals surface area contributed by atoms with Crippen LogP contribution in [0.1, 0.15) is 30.4 Å². The Kier molecular flexibility index (Phi) is 5.19. The van der Waals surface area contributed by atoms with Crippen molar-refractivity contribution < 1.29 is 13.2 Å². The Labute approximate surface area is 132 Å². The molecule has 0 saturated carbocycles. The highest BCUT2D eigenvalue weighted by Gasteiger charge is 2.24. The van der Waals surface area contributed by atoms with Crippen molar-refractivity contribution >= 4 is 15.9 Å². The van der Waals surface area contributed by atoms with Gasteiger partial charge in [-0.1, -0.05) is 18.2 Å². The third-order valence-electron chi connectivity index (χ3n) is 3.89. The number of nitrogens with one attached hydrogen (secondary N) is 1. The number of carbonyl (C=O) groups excluding carboxylic acids is 1. The van der Waals surface area contributed by atoms with Crippen molar-refractivity contribution in [2.24, 2.45) is 5.92 Å². The summed E-state index contributed by atoms with van der Waals surface area (Å²) in [6.45, 7) is 7.19. The summed E-state index contributed by atoms with van der Waals surface area (Å²) >= 11 is 0. The van der Waals surface area contributed by atoms with Crippen LogP contribution in [0, 0.1) is 5.92 Å². The van der Waals surface area contributed by atoms with Crippen LogP contribution in [-0.4, -0.2) is 14.3 Å². The summed E-state index contributed by atoms with van der Waals surface area (Å²) in [6, 6.07) is 5.08. The van der Waals surface area contributed by atoms with E-state index in [0.717, 1.165) is 24.8 Å². The molecular weight excluding hydrogens is 298 g/mol. The molecule has 1 aliphatic rings. The molecule has 0 atom stereocenters. The first kappa shape index (κ1) is 16.5. The number of hydrogen-bond donors (Lipinski definition) is 1. The minimum absolute atomic E-state index is 0.150. The largest absolute Gasteiger partial charge is 0.274 e. The summed E-state index contributed by atoms with van der Waals surface area (Å²) in [5.41, 5.74) is 2.26. The molecule has 2 rings (SSSR count). The molecule has 0 fully saturated rings. The molecule has 1 aliphatic carbocycles. The van der Waals surface area contributed by atoms with Crippen LogP contribution < -0.4 is 4.72 Å². The van der Waals surface area contributed by atoms with Gasteiger partial charge < -0.3 is 0 Å². The number of sulfonamides is 1. The molecule has 118 valence electrons. The fraction of sp³-hybridized carbons (Fsp3) is 0.353. The second-order valence-corrected chi connectivity index (χ2v) is 7.18. The van der Waals surface area contributed by atoms with Crippen molar-refractivity contribution in [3.63, 3.8) is 0 Å². The van der Waals surface area contributed by atoms with Gasteiger partial charge in [0.1, 0.15) is 0 Å². The first-order chi connectivity index (χ1) is 10.5. The Morgan fingerprint density at radius 3 is 2.45 bits per heavy atom. The van der Waals surface area contributed by atoms with Gasteiger partial charge in [-0.3, -0.25) is 4.79 Å². The van der Waals surface area contributed by atoms with Gasteiger partial charge in [0.25, 0.3) is 10.0 Å². The maximum atomic E-state index is 12.4. The van der Waals surface area contributed by atoms with E-state index in [1.54, 1.807) is 24.3 Å². The molecule has 0 aliphatic heterocycles. The number of aryl methyl sites for hydroxylation is 2. The summed E-state index contributed by atoms with van der Waals surface area (Å²) in [7, 11) is -3.83. The van der Waals surface area contributed by atoms with Crippen molar-refractivity contribution in [3.8, 4) is 0 Å². The minimum Gasteiger partial charge on any atom is -0.274 e. The van der Waals surface area contributed by atoms with Crippen LogP contribution in [0.3, 0.4) is 0 Å². The first-order valence-electron chi connectivity index (χ1n) is 7.38. The van der Waals surface area contributed by atoms with E-state index in [9.17, 15) is 13.2 Å². The maximum absolute atomic E-state index is 12.4. The molecule has 0 radical (unpaired) electrons. The average Bonchev–Trinajstić information content (AvgIpc) is 2.94. The van der Waals surface area contributed by atoms with Gasteiger partial charge in [-0.05, 0) is 55.4 Å². The molecule has 1 N–H and O–H groups in total. The Morgan fingerprint density at radius 1 is 1.18 bits per heavy atom. The zero-order chi connectivity index (χ0) is 16.2. The van der Waals surface area contributed by atoms with E-state index in [1.807, 2.05) is 6.07 Å². The molecule has 1 amide bonds. The molecule has 22 heavy (non-hydrogen) atoms. The number of amides is 1. The molecule has 1 aromatic rings. The third kappa shape index (κ3) is 3.65. The van der Waals surface area contributed by atoms with Crippen LogP contribution in [0.2, 0.25) is 0 Å². The average molecular weight is 319 g/mol. The standard InChI is InChI=1S/C17H21NO3S/c1-3-6-14(7-4-2)17(19)18-22(20,21)16-11-10-13-8-5-9-15(13)12-16/h3-4,10-12,14H,1-2,5-9H2,(H,18,19). The van der Waals surface area contributed by atoms with Gasteiger partial charge in [0, 0.05) is 5.92 Å². The highest BCUT2D eigenvalue weighted by Crippen LogP contribution is 2.24. The Morgan fingerprint density at radius 2 is 1.82 bits per heavy atom. The smallest absolute Gasteiger partial charge is 0.264 e. The summed E-state index contributed by atoms with van der Waals surface area (Å²) in [6.07, 6.45) is 6.97. The van der Waals surface area contributed by atoms with Gasteiger partial charge in [-0.15, -0.1) is 13.2 Å². The highest BCUT2D eigenvalue weighted by atomic mass is 32.2. The Bertz CT molecular complexity index is 682. The van der Waals surface area contributed by atoms with Crippen LogP contribution in [0.25, 0.3) is 0 Å². The SMILES string of the molecule is C=CCC(CC=C)C(=O)NS(=O)(=O)c1ccc2c(c1)CCC2. The second kappa shape index (κ2) is 6.92. The van der Waals surface area contributed by atoms with Crippen molar-refractivity contribution in [3.05, 3.63) is 54.6 Å². The lowest BCUT2D eigenvalue weighted by Crippen LogP contribution is -2.35. The van der Waals surface area contributed by atoms with Gasteiger partial charge in [0.15, 0.2) is 0 Å². The normalized spacial score (nSPS) is 13.7. The van der Waals surface area contributed by atoms with Crippen molar-refractivity contribution in [2.75, 3.05) is 0 Å². The minimum atomic E-state index is -3.83. The van der Waals surface area contributed by atoms with Crippen molar-refractivity contribution in [2.45, 2.75) is 37.0 Å². The summed E-state index contributed by atoms with van der Waals surface area (Å²) in [4.78, 5) is 12.3. The third-order valence-corrected chi connectivity index (χ3v) is 5.23. The van der Waals surface area contributed by atoms with Gasteiger partial charge in [0.2, 0.25) is 5.91 Å². The lowest BCUT2D eigenvalue weighted by atomic mass is 10.0. The van der Waals surface area contributed by atoms with E-state index in [4.69, 9.17) is 0 Å². The quantitative estimate of drug-likeness (QED) is 0.786. The second-order valence-electron chi connectivity index (χ2n) is 5.50. The Hall–Kier alpha value is -1.88. The van der Waals surface area contributed by atoms with Crippen LogP contribution in [-0.2, 0) is 27.7 Å². The number of carbonyl (C=O) groups is 1.